The first-order chi connectivity index (χ1) is 13.8. The highest BCUT2D eigenvalue weighted by Crippen LogP contribution is 2.42. The molecule has 8 nitrogen and oxygen atoms in total. The SMILES string of the molecule is CN/C=C(\C=N)Nc1ncc2sc(C)c(-c3ccc(S(C)(=O)=O)cc3OC)c2n1. The van der Waals surface area contributed by atoms with Crippen LogP contribution >= 0.6 is 11.3 Å². The van der Waals surface area contributed by atoms with Crippen LogP contribution in [-0.2, 0) is 9.84 Å². The van der Waals surface area contributed by atoms with E-state index < -0.39 is 9.84 Å². The van der Waals surface area contributed by atoms with E-state index in [0.29, 0.717) is 17.4 Å². The first-order valence-electron chi connectivity index (χ1n) is 8.58. The number of anilines is 1. The van der Waals surface area contributed by atoms with E-state index in [9.17, 15) is 8.42 Å². The second kappa shape index (κ2) is 8.18. The predicted octanol–water partition coefficient (Wildman–Crippen LogP) is 3.20. The van der Waals surface area contributed by atoms with Gasteiger partial charge in [-0.25, -0.2) is 18.4 Å². The number of hydrogen-bond acceptors (Lipinski definition) is 9. The lowest BCUT2D eigenvalue weighted by molar-refractivity contribution is 0.415. The Morgan fingerprint density at radius 1 is 1.34 bits per heavy atom. The van der Waals surface area contributed by atoms with Gasteiger partial charge in [-0.2, -0.15) is 0 Å². The Morgan fingerprint density at radius 3 is 2.72 bits per heavy atom. The molecule has 1 aromatic carbocycles. The number of methoxy groups -OCH3 is 1. The van der Waals surface area contributed by atoms with Crippen LogP contribution in [0.5, 0.6) is 5.75 Å². The molecule has 0 fully saturated rings. The number of allylic oxidation sites excluding steroid dienone is 1. The Labute approximate surface area is 173 Å². The highest BCUT2D eigenvalue weighted by molar-refractivity contribution is 7.90. The Balaban J connectivity index is 2.17. The Morgan fingerprint density at radius 2 is 2.10 bits per heavy atom. The van der Waals surface area contributed by atoms with Crippen molar-refractivity contribution < 1.29 is 13.2 Å². The fourth-order valence-electron chi connectivity index (χ4n) is 2.89. The Hall–Kier alpha value is -2.98. The number of fused-ring (bicyclic) bond motifs is 1. The minimum absolute atomic E-state index is 0.195. The summed E-state index contributed by atoms with van der Waals surface area (Å²) < 4.78 is 30.2. The van der Waals surface area contributed by atoms with E-state index in [2.05, 4.69) is 20.6 Å². The Kier molecular flexibility index (Phi) is 5.85. The van der Waals surface area contributed by atoms with Gasteiger partial charge in [0.25, 0.3) is 0 Å². The quantitative estimate of drug-likeness (QED) is 0.492. The van der Waals surface area contributed by atoms with Crippen molar-refractivity contribution in [3.8, 4) is 16.9 Å². The molecule has 152 valence electrons. The number of aryl methyl sites for hydroxylation is 1. The second-order valence-electron chi connectivity index (χ2n) is 6.23. The summed E-state index contributed by atoms with van der Waals surface area (Å²) in [6.07, 6.45) is 5.69. The monoisotopic (exact) mass is 431 g/mol. The lowest BCUT2D eigenvalue weighted by atomic mass is 10.0. The molecule has 0 aliphatic rings. The van der Waals surface area contributed by atoms with Gasteiger partial charge in [-0.1, -0.05) is 0 Å². The van der Waals surface area contributed by atoms with Gasteiger partial charge >= 0.3 is 0 Å². The minimum Gasteiger partial charge on any atom is -0.496 e. The lowest BCUT2D eigenvalue weighted by Gasteiger charge is -2.11. The van der Waals surface area contributed by atoms with Gasteiger partial charge in [-0.3, -0.25) is 0 Å². The molecule has 0 unspecified atom stereocenters. The fraction of sp³-hybridized carbons (Fsp3) is 0.211. The van der Waals surface area contributed by atoms with Crippen LogP contribution in [-0.4, -0.2) is 45.0 Å². The van der Waals surface area contributed by atoms with Gasteiger partial charge in [-0.15, -0.1) is 11.3 Å². The van der Waals surface area contributed by atoms with Gasteiger partial charge < -0.3 is 20.8 Å². The maximum Gasteiger partial charge on any atom is 0.227 e. The average molecular weight is 432 g/mol. The molecule has 3 aromatic rings. The third kappa shape index (κ3) is 4.22. The van der Waals surface area contributed by atoms with Gasteiger partial charge in [0.15, 0.2) is 9.84 Å². The van der Waals surface area contributed by atoms with Gasteiger partial charge in [0, 0.05) is 41.7 Å². The Bertz CT molecular complexity index is 1220. The van der Waals surface area contributed by atoms with Crippen LogP contribution in [0, 0.1) is 12.3 Å². The number of rotatable bonds is 7. The summed E-state index contributed by atoms with van der Waals surface area (Å²) in [6.45, 7) is 1.97. The molecule has 0 atom stereocenters. The van der Waals surface area contributed by atoms with Crippen LogP contribution < -0.4 is 15.4 Å². The molecule has 0 saturated carbocycles. The summed E-state index contributed by atoms with van der Waals surface area (Å²) in [4.78, 5) is 10.2. The minimum atomic E-state index is -3.35. The number of thiophene rings is 1. The standard InChI is InChI=1S/C19H21N5O3S2/c1-11-17(14-6-5-13(29(4,25)26)7-15(14)27-3)18-16(28-11)10-22-19(24-18)23-12(8-20)9-21-2/h5-10,20-21H,1-4H3,(H,22,23,24)/b12-9+,20-8?. The molecule has 0 saturated heterocycles. The van der Waals surface area contributed by atoms with E-state index in [4.69, 9.17) is 10.1 Å². The number of hydrogen-bond donors (Lipinski definition) is 3. The smallest absolute Gasteiger partial charge is 0.227 e. The van der Waals surface area contributed by atoms with E-state index in [1.165, 1.54) is 13.2 Å². The maximum atomic E-state index is 11.9. The molecule has 0 radical (unpaired) electrons. The van der Waals surface area contributed by atoms with E-state index in [1.54, 1.807) is 42.9 Å². The number of aromatic nitrogens is 2. The summed E-state index contributed by atoms with van der Waals surface area (Å²) in [7, 11) is -0.101. The fourth-order valence-corrected chi connectivity index (χ4v) is 4.52. The largest absolute Gasteiger partial charge is 0.496 e. The summed E-state index contributed by atoms with van der Waals surface area (Å²) in [5.41, 5.74) is 2.85. The topological polar surface area (TPSA) is 117 Å². The number of ether oxygens (including phenoxy) is 1. The number of benzene rings is 1. The van der Waals surface area contributed by atoms with Crippen molar-refractivity contribution in [3.63, 3.8) is 0 Å². The van der Waals surface area contributed by atoms with Gasteiger partial charge in [-0.05, 0) is 25.1 Å². The van der Waals surface area contributed by atoms with Crippen molar-refractivity contribution >= 4 is 43.6 Å². The third-order valence-corrected chi connectivity index (χ3v) is 6.33. The molecule has 0 amide bonds. The molecule has 3 N–H and O–H groups in total. The zero-order valence-electron chi connectivity index (χ0n) is 16.4. The molecule has 0 spiro atoms. The van der Waals surface area contributed by atoms with Gasteiger partial charge in [0.05, 0.1) is 34.1 Å². The molecular weight excluding hydrogens is 410 g/mol. The van der Waals surface area contributed by atoms with Crippen LogP contribution in [0.4, 0.5) is 5.95 Å². The van der Waals surface area contributed by atoms with E-state index in [-0.39, 0.29) is 4.90 Å². The number of nitrogens with one attached hydrogen (secondary N) is 3. The molecule has 0 aliphatic carbocycles. The van der Waals surface area contributed by atoms with Crippen molar-refractivity contribution in [1.29, 1.82) is 5.41 Å². The molecule has 2 aromatic heterocycles. The zero-order chi connectivity index (χ0) is 21.2. The highest BCUT2D eigenvalue weighted by atomic mass is 32.2. The van der Waals surface area contributed by atoms with Crippen LogP contribution in [0.3, 0.4) is 0 Å². The molecule has 29 heavy (non-hydrogen) atoms. The molecule has 2 heterocycles. The maximum absolute atomic E-state index is 11.9. The summed E-state index contributed by atoms with van der Waals surface area (Å²) >= 11 is 1.55. The molecular formula is C19H21N5O3S2. The summed E-state index contributed by atoms with van der Waals surface area (Å²) in [5, 5.41) is 13.3. The van der Waals surface area contributed by atoms with Crippen molar-refractivity contribution in [1.82, 2.24) is 15.3 Å². The van der Waals surface area contributed by atoms with Crippen molar-refractivity contribution in [2.75, 3.05) is 25.7 Å². The first kappa shape index (κ1) is 20.7. The summed E-state index contributed by atoms with van der Waals surface area (Å²) in [6, 6.07) is 4.83. The number of nitrogens with zero attached hydrogens (tertiary/aromatic N) is 2. The highest BCUT2D eigenvalue weighted by Gasteiger charge is 2.19. The van der Waals surface area contributed by atoms with E-state index in [0.717, 1.165) is 38.7 Å². The molecule has 3 rings (SSSR count). The van der Waals surface area contributed by atoms with Gasteiger partial charge in [0.1, 0.15) is 5.75 Å². The van der Waals surface area contributed by atoms with Crippen LogP contribution in [0.15, 0.2) is 41.2 Å². The van der Waals surface area contributed by atoms with E-state index >= 15 is 0 Å². The first-order valence-corrected chi connectivity index (χ1v) is 11.3. The molecule has 10 heteroatoms. The van der Waals surface area contributed by atoms with Crippen molar-refractivity contribution in [2.45, 2.75) is 11.8 Å². The predicted molar refractivity (Wildman–Crippen MR) is 117 cm³/mol. The zero-order valence-corrected chi connectivity index (χ0v) is 18.0. The van der Waals surface area contributed by atoms with E-state index in [1.807, 2.05) is 6.92 Å². The van der Waals surface area contributed by atoms with Crippen LogP contribution in [0.25, 0.3) is 21.3 Å². The summed E-state index contributed by atoms with van der Waals surface area (Å²) in [5.74, 6) is 0.812. The lowest BCUT2D eigenvalue weighted by Crippen LogP contribution is -2.08. The average Bonchev–Trinajstić information content (AvgIpc) is 3.01. The van der Waals surface area contributed by atoms with Crippen LogP contribution in [0.1, 0.15) is 4.88 Å². The second-order valence-corrected chi connectivity index (χ2v) is 9.50. The van der Waals surface area contributed by atoms with Crippen molar-refractivity contribution in [3.05, 3.63) is 41.2 Å². The normalized spacial score (nSPS) is 12.1. The molecule has 0 bridgehead atoms. The van der Waals surface area contributed by atoms with Crippen LogP contribution in [0.2, 0.25) is 0 Å². The third-order valence-electron chi connectivity index (χ3n) is 4.19. The number of sulfone groups is 1. The molecule has 0 aliphatic heterocycles. The van der Waals surface area contributed by atoms with Gasteiger partial charge in [0.2, 0.25) is 5.95 Å². The van der Waals surface area contributed by atoms with Crippen molar-refractivity contribution in [2.24, 2.45) is 0 Å².